The molecule has 0 unspecified atom stereocenters. The first-order chi connectivity index (χ1) is 12.1. The van der Waals surface area contributed by atoms with Gasteiger partial charge < -0.3 is 10.1 Å². The van der Waals surface area contributed by atoms with Gasteiger partial charge in [-0.15, -0.1) is 0 Å². The Hall–Kier alpha value is -3.60. The van der Waals surface area contributed by atoms with Crippen molar-refractivity contribution in [2.75, 3.05) is 0 Å². The normalized spacial score (nSPS) is 11.7. The second kappa shape index (κ2) is 4.70. The van der Waals surface area contributed by atoms with Crippen LogP contribution >= 0.6 is 0 Å². The van der Waals surface area contributed by atoms with Crippen LogP contribution in [0.3, 0.4) is 0 Å². The smallest absolute Gasteiger partial charge is 0.283 e. The molecule has 0 saturated carbocycles. The van der Waals surface area contributed by atoms with E-state index in [-0.39, 0.29) is 16.8 Å². The van der Waals surface area contributed by atoms with Crippen molar-refractivity contribution in [1.82, 2.24) is 4.98 Å². The van der Waals surface area contributed by atoms with E-state index in [1.807, 2.05) is 42.5 Å². The second-order valence-electron chi connectivity index (χ2n) is 6.11. The Morgan fingerprint density at radius 1 is 0.840 bits per heavy atom. The summed E-state index contributed by atoms with van der Waals surface area (Å²) in [6, 6.07) is 18.6. The fraction of sp³-hybridized carbons (Fsp3) is 0. The van der Waals surface area contributed by atoms with Crippen LogP contribution in [0.1, 0.15) is 0 Å². The van der Waals surface area contributed by atoms with Crippen LogP contribution in [0.2, 0.25) is 0 Å². The number of phenolic OH excluding ortho intramolecular Hbond substituents is 1. The number of aromatic nitrogens is 1. The maximum absolute atomic E-state index is 11.5. The van der Waals surface area contributed by atoms with E-state index in [4.69, 9.17) is 0 Å². The van der Waals surface area contributed by atoms with Crippen molar-refractivity contribution in [2.24, 2.45) is 0 Å². The third kappa shape index (κ3) is 1.77. The number of phenols is 1. The van der Waals surface area contributed by atoms with Crippen LogP contribution < -0.4 is 0 Å². The average Bonchev–Trinajstić information content (AvgIpc) is 3.00. The highest BCUT2D eigenvalue weighted by Gasteiger charge is 2.21. The Balaban J connectivity index is 2.15. The van der Waals surface area contributed by atoms with Crippen molar-refractivity contribution in [3.8, 4) is 5.75 Å². The summed E-state index contributed by atoms with van der Waals surface area (Å²) in [5.41, 5.74) is 1.51. The van der Waals surface area contributed by atoms with Crippen molar-refractivity contribution < 1.29 is 10.0 Å². The maximum atomic E-state index is 11.5. The topological polar surface area (TPSA) is 79.2 Å². The molecule has 120 valence electrons. The Bertz CT molecular complexity index is 1340. The van der Waals surface area contributed by atoms with Crippen LogP contribution in [0.15, 0.2) is 60.7 Å². The number of benzene rings is 4. The molecule has 4 aromatic carbocycles. The van der Waals surface area contributed by atoms with Crippen LogP contribution in [0, 0.1) is 10.1 Å². The van der Waals surface area contributed by atoms with Crippen LogP contribution in [-0.4, -0.2) is 15.0 Å². The molecule has 0 saturated heterocycles. The van der Waals surface area contributed by atoms with Crippen LogP contribution in [-0.2, 0) is 0 Å². The Morgan fingerprint density at radius 3 is 2.44 bits per heavy atom. The zero-order valence-corrected chi connectivity index (χ0v) is 13.0. The van der Waals surface area contributed by atoms with Crippen LogP contribution in [0.4, 0.5) is 5.69 Å². The molecular weight excluding hydrogens is 316 g/mol. The quantitative estimate of drug-likeness (QED) is 0.326. The zero-order valence-electron chi connectivity index (χ0n) is 13.0. The number of nitrogens with one attached hydrogen (secondary N) is 1. The SMILES string of the molecule is O=[N+]([O-])c1cc2[nH]c3ccc4ccccc4c3c2c2cccc(O)c12. The maximum Gasteiger partial charge on any atom is 0.283 e. The van der Waals surface area contributed by atoms with E-state index >= 15 is 0 Å². The van der Waals surface area contributed by atoms with E-state index in [0.29, 0.717) is 10.9 Å². The van der Waals surface area contributed by atoms with Crippen LogP contribution in [0.5, 0.6) is 5.75 Å². The average molecular weight is 328 g/mol. The van der Waals surface area contributed by atoms with Gasteiger partial charge in [-0.05, 0) is 22.9 Å². The fourth-order valence-corrected chi connectivity index (χ4v) is 3.75. The molecular formula is C20H12N2O3. The van der Waals surface area contributed by atoms with E-state index in [9.17, 15) is 15.2 Å². The van der Waals surface area contributed by atoms with Gasteiger partial charge in [0.05, 0.1) is 10.4 Å². The number of fused-ring (bicyclic) bond motifs is 7. The van der Waals surface area contributed by atoms with Gasteiger partial charge in [-0.2, -0.15) is 0 Å². The van der Waals surface area contributed by atoms with Gasteiger partial charge in [0.2, 0.25) is 0 Å². The van der Waals surface area contributed by atoms with Crippen LogP contribution in [0.25, 0.3) is 43.4 Å². The molecule has 5 nitrogen and oxygen atoms in total. The first kappa shape index (κ1) is 13.8. The predicted octanol–water partition coefficient (Wildman–Crippen LogP) is 5.24. The highest BCUT2D eigenvalue weighted by atomic mass is 16.6. The summed E-state index contributed by atoms with van der Waals surface area (Å²) in [6.45, 7) is 0. The van der Waals surface area contributed by atoms with Gasteiger partial charge in [0.15, 0.2) is 0 Å². The molecule has 0 atom stereocenters. The number of H-pyrrole nitrogens is 1. The largest absolute Gasteiger partial charge is 0.507 e. The second-order valence-corrected chi connectivity index (χ2v) is 6.11. The summed E-state index contributed by atoms with van der Waals surface area (Å²) in [6.07, 6.45) is 0. The van der Waals surface area contributed by atoms with Crippen molar-refractivity contribution in [3.63, 3.8) is 0 Å². The van der Waals surface area contributed by atoms with Gasteiger partial charge in [-0.3, -0.25) is 10.1 Å². The summed E-state index contributed by atoms with van der Waals surface area (Å²) in [4.78, 5) is 14.4. The number of non-ortho nitro benzene ring substituents is 1. The summed E-state index contributed by atoms with van der Waals surface area (Å²) >= 11 is 0. The summed E-state index contributed by atoms with van der Waals surface area (Å²) in [7, 11) is 0. The number of rotatable bonds is 1. The highest BCUT2D eigenvalue weighted by molar-refractivity contribution is 6.29. The Kier molecular flexibility index (Phi) is 2.60. The molecule has 1 heterocycles. The van der Waals surface area contributed by atoms with E-state index in [1.165, 1.54) is 12.1 Å². The summed E-state index contributed by atoms with van der Waals surface area (Å²) in [5.74, 6) is -0.0827. The molecule has 5 aromatic rings. The van der Waals surface area contributed by atoms with Crippen molar-refractivity contribution in [2.45, 2.75) is 0 Å². The molecule has 0 bridgehead atoms. The monoisotopic (exact) mass is 328 g/mol. The van der Waals surface area contributed by atoms with E-state index in [1.54, 1.807) is 6.07 Å². The molecule has 0 spiro atoms. The van der Waals surface area contributed by atoms with E-state index < -0.39 is 4.92 Å². The van der Waals surface area contributed by atoms with Crippen molar-refractivity contribution in [1.29, 1.82) is 0 Å². The first-order valence-electron chi connectivity index (χ1n) is 7.87. The zero-order chi connectivity index (χ0) is 17.1. The molecule has 5 heteroatoms. The third-order valence-corrected chi connectivity index (χ3v) is 4.76. The summed E-state index contributed by atoms with van der Waals surface area (Å²) in [5, 5.41) is 26.8. The van der Waals surface area contributed by atoms with Crippen molar-refractivity contribution in [3.05, 3.63) is 70.8 Å². The molecule has 0 aliphatic carbocycles. The van der Waals surface area contributed by atoms with E-state index in [2.05, 4.69) is 4.98 Å². The number of aromatic amines is 1. The Labute approximate surface area is 141 Å². The number of nitro benzene ring substituents is 1. The fourth-order valence-electron chi connectivity index (χ4n) is 3.75. The molecule has 0 aliphatic heterocycles. The lowest BCUT2D eigenvalue weighted by Gasteiger charge is -2.05. The minimum absolute atomic E-state index is 0.0827. The number of hydrogen-bond donors (Lipinski definition) is 2. The number of nitrogens with zero attached hydrogens (tertiary/aromatic N) is 1. The molecule has 0 aliphatic rings. The van der Waals surface area contributed by atoms with Gasteiger partial charge >= 0.3 is 0 Å². The lowest BCUT2D eigenvalue weighted by molar-refractivity contribution is -0.383. The molecule has 1 aromatic heterocycles. The molecule has 0 fully saturated rings. The van der Waals surface area contributed by atoms with Gasteiger partial charge in [0.1, 0.15) is 11.1 Å². The Morgan fingerprint density at radius 2 is 1.60 bits per heavy atom. The standard InChI is InChI=1S/C20H12N2O3/c23-17-7-3-6-13-19-15(10-16(20(13)17)22(24)25)21-14-9-8-11-4-1-2-5-12(11)18(14)19/h1-10,21,23H. The third-order valence-electron chi connectivity index (χ3n) is 4.76. The highest BCUT2D eigenvalue weighted by Crippen LogP contribution is 2.42. The first-order valence-corrected chi connectivity index (χ1v) is 7.87. The molecule has 2 N–H and O–H groups in total. The molecule has 5 rings (SSSR count). The lowest BCUT2D eigenvalue weighted by Crippen LogP contribution is -1.90. The minimum Gasteiger partial charge on any atom is -0.507 e. The van der Waals surface area contributed by atoms with E-state index in [0.717, 1.165) is 27.1 Å². The van der Waals surface area contributed by atoms with Crippen molar-refractivity contribution >= 4 is 49.0 Å². The predicted molar refractivity (Wildman–Crippen MR) is 99.1 cm³/mol. The molecule has 0 radical (unpaired) electrons. The van der Waals surface area contributed by atoms with Gasteiger partial charge in [0, 0.05) is 27.7 Å². The molecule has 25 heavy (non-hydrogen) atoms. The molecule has 0 amide bonds. The van der Waals surface area contributed by atoms with Gasteiger partial charge in [-0.25, -0.2) is 0 Å². The van der Waals surface area contributed by atoms with Gasteiger partial charge in [0.25, 0.3) is 5.69 Å². The number of hydrogen-bond acceptors (Lipinski definition) is 3. The lowest BCUT2D eigenvalue weighted by atomic mass is 9.98. The minimum atomic E-state index is -0.453. The number of nitro groups is 1. The van der Waals surface area contributed by atoms with Gasteiger partial charge in [-0.1, -0.05) is 42.5 Å². The number of aromatic hydroxyl groups is 1. The summed E-state index contributed by atoms with van der Waals surface area (Å²) < 4.78 is 0.